The van der Waals surface area contributed by atoms with Gasteiger partial charge in [0.05, 0.1) is 15.6 Å². The van der Waals surface area contributed by atoms with E-state index in [0.717, 1.165) is 0 Å². The van der Waals surface area contributed by atoms with E-state index in [-0.39, 0.29) is 11.5 Å². The molecule has 0 saturated carbocycles. The molecule has 0 spiro atoms. The van der Waals surface area contributed by atoms with E-state index < -0.39 is 4.92 Å². The fourth-order valence-corrected chi connectivity index (χ4v) is 2.02. The molecule has 2 aromatic rings. The third kappa shape index (κ3) is 2.82. The highest BCUT2D eigenvalue weighted by molar-refractivity contribution is 6.33. The topological polar surface area (TPSA) is 68.1 Å². The second kappa shape index (κ2) is 5.24. The Bertz CT molecular complexity index is 644. The Hall–Kier alpha value is -2.14. The van der Waals surface area contributed by atoms with E-state index in [4.69, 9.17) is 11.6 Å². The zero-order valence-electron chi connectivity index (χ0n) is 10.5. The van der Waals surface area contributed by atoms with Crippen LogP contribution >= 0.6 is 11.6 Å². The number of halogens is 1. The molecule has 0 fully saturated rings. The van der Waals surface area contributed by atoms with Crippen molar-refractivity contribution in [3.8, 4) is 0 Å². The summed E-state index contributed by atoms with van der Waals surface area (Å²) < 4.78 is 0. The minimum absolute atomic E-state index is 0.0366. The Labute approximate surface area is 115 Å². The first-order chi connectivity index (χ1) is 8.99. The first-order valence-corrected chi connectivity index (χ1v) is 6.01. The van der Waals surface area contributed by atoms with Crippen LogP contribution in [0.25, 0.3) is 0 Å². The number of anilines is 2. The number of nitro groups is 1. The first kappa shape index (κ1) is 13.3. The molecule has 0 aliphatic carbocycles. The summed E-state index contributed by atoms with van der Waals surface area (Å²) in [4.78, 5) is 14.9. The van der Waals surface area contributed by atoms with Crippen LogP contribution in [-0.2, 0) is 0 Å². The van der Waals surface area contributed by atoms with Gasteiger partial charge in [0, 0.05) is 11.3 Å². The van der Waals surface area contributed by atoms with Gasteiger partial charge in [-0.25, -0.2) is 4.98 Å². The molecule has 0 amide bonds. The first-order valence-electron chi connectivity index (χ1n) is 5.63. The molecule has 0 aliphatic heterocycles. The average Bonchev–Trinajstić information content (AvgIpc) is 2.30. The smallest absolute Gasteiger partial charge is 0.314 e. The van der Waals surface area contributed by atoms with Crippen LogP contribution in [0.4, 0.5) is 17.2 Å². The van der Waals surface area contributed by atoms with E-state index in [9.17, 15) is 10.1 Å². The molecule has 0 unspecified atom stereocenters. The summed E-state index contributed by atoms with van der Waals surface area (Å²) in [5.74, 6) is 0.204. The lowest BCUT2D eigenvalue weighted by Gasteiger charge is -2.10. The summed E-state index contributed by atoms with van der Waals surface area (Å²) >= 11 is 6.03. The molecule has 1 aromatic heterocycles. The number of nitrogens with zero attached hydrogens (tertiary/aromatic N) is 2. The fraction of sp³-hybridized carbons (Fsp3) is 0.154. The molecule has 19 heavy (non-hydrogen) atoms. The second-order valence-corrected chi connectivity index (χ2v) is 4.55. The van der Waals surface area contributed by atoms with Gasteiger partial charge in [-0.2, -0.15) is 0 Å². The number of hydrogen-bond acceptors (Lipinski definition) is 4. The van der Waals surface area contributed by atoms with Crippen LogP contribution in [-0.4, -0.2) is 9.91 Å². The van der Waals surface area contributed by atoms with Gasteiger partial charge in [-0.15, -0.1) is 0 Å². The molecule has 5 nitrogen and oxygen atoms in total. The maximum Gasteiger partial charge on any atom is 0.314 e. The molecule has 2 rings (SSSR count). The van der Waals surface area contributed by atoms with Crippen LogP contribution in [0.3, 0.4) is 0 Å². The molecule has 1 heterocycles. The molecule has 6 heteroatoms. The van der Waals surface area contributed by atoms with Crippen molar-refractivity contribution in [3.05, 3.63) is 56.7 Å². The summed E-state index contributed by atoms with van der Waals surface area (Å²) in [6.07, 6.45) is 0. The summed E-state index contributed by atoms with van der Waals surface area (Å²) in [6.45, 7) is 3.47. The Balaban J connectivity index is 2.51. The van der Waals surface area contributed by atoms with Gasteiger partial charge in [-0.05, 0) is 32.0 Å². The van der Waals surface area contributed by atoms with Crippen molar-refractivity contribution in [1.82, 2.24) is 4.98 Å². The molecule has 1 N–H and O–H groups in total. The lowest BCUT2D eigenvalue weighted by atomic mass is 10.2. The highest BCUT2D eigenvalue weighted by atomic mass is 35.5. The molecule has 0 saturated heterocycles. The third-order valence-electron chi connectivity index (χ3n) is 2.62. The largest absolute Gasteiger partial charge is 0.333 e. The number of aromatic nitrogens is 1. The maximum atomic E-state index is 11.1. The monoisotopic (exact) mass is 277 g/mol. The van der Waals surface area contributed by atoms with Gasteiger partial charge in [0.25, 0.3) is 0 Å². The van der Waals surface area contributed by atoms with E-state index >= 15 is 0 Å². The van der Waals surface area contributed by atoms with Crippen LogP contribution in [0, 0.1) is 24.0 Å². The second-order valence-electron chi connectivity index (χ2n) is 4.14. The van der Waals surface area contributed by atoms with Gasteiger partial charge in [0.1, 0.15) is 0 Å². The van der Waals surface area contributed by atoms with Crippen molar-refractivity contribution in [2.24, 2.45) is 0 Å². The summed E-state index contributed by atoms with van der Waals surface area (Å²) in [5, 5.41) is 14.5. The van der Waals surface area contributed by atoms with Crippen LogP contribution in [0.1, 0.15) is 11.3 Å². The minimum atomic E-state index is -0.444. The van der Waals surface area contributed by atoms with Crippen molar-refractivity contribution in [2.75, 3.05) is 5.32 Å². The fourth-order valence-electron chi connectivity index (χ4n) is 1.84. The highest BCUT2D eigenvalue weighted by Gasteiger charge is 2.20. The van der Waals surface area contributed by atoms with Crippen molar-refractivity contribution < 1.29 is 4.92 Å². The molecule has 0 bridgehead atoms. The standard InChI is InChI=1S/C13H12ClN3O2/c1-8-7-9(2)15-13(12(8)17(18)19)16-11-6-4-3-5-10(11)14/h3-7H,1-2H3,(H,15,16). The number of hydrogen-bond donors (Lipinski definition) is 1. The SMILES string of the molecule is Cc1cc(C)c([N+](=O)[O-])c(Nc2ccccc2Cl)n1. The third-order valence-corrected chi connectivity index (χ3v) is 2.95. The Morgan fingerprint density at radius 3 is 2.63 bits per heavy atom. The zero-order chi connectivity index (χ0) is 14.0. The normalized spacial score (nSPS) is 10.3. The lowest BCUT2D eigenvalue weighted by molar-refractivity contribution is -0.384. The van der Waals surface area contributed by atoms with E-state index in [1.165, 1.54) is 0 Å². The maximum absolute atomic E-state index is 11.1. The van der Waals surface area contributed by atoms with Crippen molar-refractivity contribution in [1.29, 1.82) is 0 Å². The molecular weight excluding hydrogens is 266 g/mol. The summed E-state index contributed by atoms with van der Waals surface area (Å²) in [7, 11) is 0. The van der Waals surface area contributed by atoms with Crippen molar-refractivity contribution in [2.45, 2.75) is 13.8 Å². The van der Waals surface area contributed by atoms with Gasteiger partial charge >= 0.3 is 5.69 Å². The van der Waals surface area contributed by atoms with Gasteiger partial charge in [-0.1, -0.05) is 23.7 Å². The predicted octanol–water partition coefficient (Wildman–Crippen LogP) is 4.00. The van der Waals surface area contributed by atoms with Crippen LogP contribution in [0.5, 0.6) is 0 Å². The molecule has 1 aromatic carbocycles. The Morgan fingerprint density at radius 2 is 2.00 bits per heavy atom. The molecule has 0 radical (unpaired) electrons. The van der Waals surface area contributed by atoms with E-state index in [0.29, 0.717) is 22.0 Å². The predicted molar refractivity (Wildman–Crippen MR) is 75.1 cm³/mol. The Kier molecular flexibility index (Phi) is 3.66. The molecule has 0 aliphatic rings. The number of pyridine rings is 1. The van der Waals surface area contributed by atoms with Gasteiger partial charge < -0.3 is 5.32 Å². The zero-order valence-corrected chi connectivity index (χ0v) is 11.2. The molecular formula is C13H12ClN3O2. The van der Waals surface area contributed by atoms with E-state index in [2.05, 4.69) is 10.3 Å². The lowest BCUT2D eigenvalue weighted by Crippen LogP contribution is -2.03. The number of nitrogens with one attached hydrogen (secondary N) is 1. The molecule has 0 atom stereocenters. The number of benzene rings is 1. The average molecular weight is 278 g/mol. The number of aryl methyl sites for hydroxylation is 2. The summed E-state index contributed by atoms with van der Waals surface area (Å²) in [6, 6.07) is 8.71. The van der Waals surface area contributed by atoms with Crippen LogP contribution in [0.2, 0.25) is 5.02 Å². The van der Waals surface area contributed by atoms with E-state index in [1.54, 1.807) is 44.2 Å². The molecule has 98 valence electrons. The van der Waals surface area contributed by atoms with Crippen LogP contribution in [0.15, 0.2) is 30.3 Å². The Morgan fingerprint density at radius 1 is 1.32 bits per heavy atom. The minimum Gasteiger partial charge on any atom is -0.333 e. The van der Waals surface area contributed by atoms with Gasteiger partial charge in [0.15, 0.2) is 0 Å². The highest BCUT2D eigenvalue weighted by Crippen LogP contribution is 2.31. The van der Waals surface area contributed by atoms with Crippen molar-refractivity contribution in [3.63, 3.8) is 0 Å². The van der Waals surface area contributed by atoms with Crippen LogP contribution < -0.4 is 5.32 Å². The summed E-state index contributed by atoms with van der Waals surface area (Å²) in [5.41, 5.74) is 1.82. The number of para-hydroxylation sites is 1. The van der Waals surface area contributed by atoms with Gasteiger partial charge in [-0.3, -0.25) is 10.1 Å². The quantitative estimate of drug-likeness (QED) is 0.680. The van der Waals surface area contributed by atoms with Crippen molar-refractivity contribution >= 4 is 28.8 Å². The number of rotatable bonds is 3. The van der Waals surface area contributed by atoms with Gasteiger partial charge in [0.2, 0.25) is 5.82 Å². The van der Waals surface area contributed by atoms with E-state index in [1.807, 2.05) is 0 Å².